The number of aromatic amines is 1. The molecule has 0 spiro atoms. The second-order valence-corrected chi connectivity index (χ2v) is 6.26. The number of amides is 1. The number of hydrogen-bond donors (Lipinski definition) is 2. The lowest BCUT2D eigenvalue weighted by molar-refractivity contribution is 0.0509. The molecule has 2 aromatic heterocycles. The fourth-order valence-corrected chi connectivity index (χ4v) is 1.92. The van der Waals surface area contributed by atoms with E-state index >= 15 is 0 Å². The molecule has 1 amide bonds. The van der Waals surface area contributed by atoms with E-state index in [4.69, 9.17) is 4.74 Å². The first-order chi connectivity index (χ1) is 10.3. The van der Waals surface area contributed by atoms with E-state index < -0.39 is 11.7 Å². The van der Waals surface area contributed by atoms with Crippen molar-refractivity contribution in [2.45, 2.75) is 45.8 Å². The standard InChI is InChI=1S/C16H22N4O2/c1-11(19-15(21)22-16(2,3)4)6-5-7-12-8-13-10-18-20-14(13)17-9-12/h5,7-11H,6H2,1-4H3,(H,19,21)(H,17,18,20)/b7-5+/t11-/m0/s1. The number of aromatic nitrogens is 3. The number of H-pyrrole nitrogens is 1. The molecule has 1 atom stereocenters. The van der Waals surface area contributed by atoms with Crippen molar-refractivity contribution in [2.75, 3.05) is 0 Å². The molecule has 2 heterocycles. The van der Waals surface area contributed by atoms with Gasteiger partial charge < -0.3 is 10.1 Å². The third-order valence-corrected chi connectivity index (χ3v) is 2.88. The van der Waals surface area contributed by atoms with Gasteiger partial charge in [0.2, 0.25) is 0 Å². The van der Waals surface area contributed by atoms with Gasteiger partial charge in [-0.3, -0.25) is 5.10 Å². The summed E-state index contributed by atoms with van der Waals surface area (Å²) >= 11 is 0. The largest absolute Gasteiger partial charge is 0.444 e. The zero-order valence-electron chi connectivity index (χ0n) is 13.4. The molecule has 0 saturated carbocycles. The number of carbonyl (C=O) groups is 1. The van der Waals surface area contributed by atoms with Crippen LogP contribution in [0.4, 0.5) is 4.79 Å². The molecule has 0 aliphatic carbocycles. The van der Waals surface area contributed by atoms with E-state index in [2.05, 4.69) is 20.5 Å². The Morgan fingerprint density at radius 3 is 2.95 bits per heavy atom. The highest BCUT2D eigenvalue weighted by molar-refractivity contribution is 5.76. The van der Waals surface area contributed by atoms with E-state index in [9.17, 15) is 4.79 Å². The third-order valence-electron chi connectivity index (χ3n) is 2.88. The van der Waals surface area contributed by atoms with Crippen molar-refractivity contribution >= 4 is 23.2 Å². The Morgan fingerprint density at radius 2 is 2.23 bits per heavy atom. The van der Waals surface area contributed by atoms with Crippen LogP contribution >= 0.6 is 0 Å². The lowest BCUT2D eigenvalue weighted by Gasteiger charge is -2.21. The first kappa shape index (κ1) is 16.0. The monoisotopic (exact) mass is 302 g/mol. The van der Waals surface area contributed by atoms with Crippen LogP contribution in [0.25, 0.3) is 17.1 Å². The highest BCUT2D eigenvalue weighted by Gasteiger charge is 2.17. The summed E-state index contributed by atoms with van der Waals surface area (Å²) in [6, 6.07) is 2.01. The van der Waals surface area contributed by atoms with E-state index in [0.717, 1.165) is 16.6 Å². The molecule has 0 bridgehead atoms. The summed E-state index contributed by atoms with van der Waals surface area (Å²) in [5.41, 5.74) is 1.29. The normalized spacial score (nSPS) is 13.5. The van der Waals surface area contributed by atoms with E-state index in [0.29, 0.717) is 6.42 Å². The molecule has 118 valence electrons. The average Bonchev–Trinajstić information content (AvgIpc) is 2.83. The summed E-state index contributed by atoms with van der Waals surface area (Å²) in [6.07, 6.45) is 7.82. The molecule has 2 rings (SSSR count). The first-order valence-corrected chi connectivity index (χ1v) is 7.29. The number of nitrogens with one attached hydrogen (secondary N) is 2. The van der Waals surface area contributed by atoms with Gasteiger partial charge in [0.25, 0.3) is 0 Å². The van der Waals surface area contributed by atoms with Crippen molar-refractivity contribution in [3.05, 3.63) is 30.1 Å². The molecule has 0 aliphatic heterocycles. The van der Waals surface area contributed by atoms with Crippen LogP contribution in [0.1, 0.15) is 39.7 Å². The van der Waals surface area contributed by atoms with Crippen LogP contribution < -0.4 is 5.32 Å². The summed E-state index contributed by atoms with van der Waals surface area (Å²) < 4.78 is 5.22. The number of carbonyl (C=O) groups excluding carboxylic acids is 1. The lowest BCUT2D eigenvalue weighted by atomic mass is 10.1. The Kier molecular flexibility index (Phi) is 4.80. The fourth-order valence-electron chi connectivity index (χ4n) is 1.92. The smallest absolute Gasteiger partial charge is 0.407 e. The molecule has 0 radical (unpaired) electrons. The molecule has 2 aromatic rings. The van der Waals surface area contributed by atoms with Crippen molar-refractivity contribution in [2.24, 2.45) is 0 Å². The molecule has 0 fully saturated rings. The maximum absolute atomic E-state index is 11.6. The van der Waals surface area contributed by atoms with Gasteiger partial charge in [0.1, 0.15) is 5.60 Å². The zero-order valence-corrected chi connectivity index (χ0v) is 13.4. The van der Waals surface area contributed by atoms with Gasteiger partial charge in [-0.2, -0.15) is 5.10 Å². The van der Waals surface area contributed by atoms with Gasteiger partial charge in [-0.1, -0.05) is 12.2 Å². The van der Waals surface area contributed by atoms with Crippen LogP contribution in [0.3, 0.4) is 0 Å². The van der Waals surface area contributed by atoms with Gasteiger partial charge in [0.05, 0.1) is 6.20 Å². The van der Waals surface area contributed by atoms with E-state index in [-0.39, 0.29) is 6.04 Å². The van der Waals surface area contributed by atoms with E-state index in [1.807, 2.05) is 45.9 Å². The topological polar surface area (TPSA) is 79.9 Å². The van der Waals surface area contributed by atoms with Crippen LogP contribution in [-0.4, -0.2) is 32.9 Å². The Morgan fingerprint density at radius 1 is 1.45 bits per heavy atom. The van der Waals surface area contributed by atoms with Crippen molar-refractivity contribution in [3.63, 3.8) is 0 Å². The molecule has 0 unspecified atom stereocenters. The zero-order chi connectivity index (χ0) is 16.2. The SMILES string of the molecule is C[C@@H](C/C=C/c1cnc2[nH]ncc2c1)NC(=O)OC(C)(C)C. The van der Waals surface area contributed by atoms with Crippen molar-refractivity contribution < 1.29 is 9.53 Å². The molecule has 0 saturated heterocycles. The minimum Gasteiger partial charge on any atom is -0.444 e. The number of alkyl carbamates (subject to hydrolysis) is 1. The van der Waals surface area contributed by atoms with E-state index in [1.54, 1.807) is 12.4 Å². The minimum atomic E-state index is -0.481. The van der Waals surface area contributed by atoms with Crippen molar-refractivity contribution in [3.8, 4) is 0 Å². The number of hydrogen-bond acceptors (Lipinski definition) is 4. The third kappa shape index (κ3) is 4.87. The summed E-state index contributed by atoms with van der Waals surface area (Å²) in [6.45, 7) is 7.47. The minimum absolute atomic E-state index is 0.00304. The maximum atomic E-state index is 11.6. The molecular formula is C16H22N4O2. The molecule has 6 nitrogen and oxygen atoms in total. The van der Waals surface area contributed by atoms with Crippen LogP contribution in [0.15, 0.2) is 24.5 Å². The van der Waals surface area contributed by atoms with Gasteiger partial charge in [0, 0.05) is 17.6 Å². The molecule has 0 aliphatic rings. The molecular weight excluding hydrogens is 280 g/mol. The predicted octanol–water partition coefficient (Wildman–Crippen LogP) is 3.27. The highest BCUT2D eigenvalue weighted by atomic mass is 16.6. The average molecular weight is 302 g/mol. The number of rotatable bonds is 4. The first-order valence-electron chi connectivity index (χ1n) is 7.29. The molecule has 6 heteroatoms. The van der Waals surface area contributed by atoms with Crippen LogP contribution in [0.5, 0.6) is 0 Å². The number of ether oxygens (including phenoxy) is 1. The van der Waals surface area contributed by atoms with Gasteiger partial charge >= 0.3 is 6.09 Å². The highest BCUT2D eigenvalue weighted by Crippen LogP contribution is 2.12. The van der Waals surface area contributed by atoms with Gasteiger partial charge in [-0.15, -0.1) is 0 Å². The van der Waals surface area contributed by atoms with Gasteiger partial charge in [-0.05, 0) is 45.7 Å². The number of pyridine rings is 1. The number of fused-ring (bicyclic) bond motifs is 1. The van der Waals surface area contributed by atoms with Crippen molar-refractivity contribution in [1.29, 1.82) is 0 Å². The Bertz CT molecular complexity index is 670. The predicted molar refractivity (Wildman–Crippen MR) is 86.4 cm³/mol. The second-order valence-electron chi connectivity index (χ2n) is 6.26. The summed E-state index contributed by atoms with van der Waals surface area (Å²) in [5.74, 6) is 0. The van der Waals surface area contributed by atoms with Crippen molar-refractivity contribution in [1.82, 2.24) is 20.5 Å². The molecule has 0 aromatic carbocycles. The van der Waals surface area contributed by atoms with Gasteiger partial charge in [-0.25, -0.2) is 9.78 Å². The molecule has 2 N–H and O–H groups in total. The van der Waals surface area contributed by atoms with E-state index in [1.165, 1.54) is 0 Å². The van der Waals surface area contributed by atoms with Crippen LogP contribution in [0.2, 0.25) is 0 Å². The quantitative estimate of drug-likeness (QED) is 0.908. The summed E-state index contributed by atoms with van der Waals surface area (Å²) in [7, 11) is 0. The summed E-state index contributed by atoms with van der Waals surface area (Å²) in [5, 5.41) is 10.5. The Balaban J connectivity index is 1.84. The fraction of sp³-hybridized carbons (Fsp3) is 0.438. The second kappa shape index (κ2) is 6.60. The molecule has 22 heavy (non-hydrogen) atoms. The van der Waals surface area contributed by atoms with Crippen LogP contribution in [-0.2, 0) is 4.74 Å². The Hall–Kier alpha value is -2.37. The summed E-state index contributed by atoms with van der Waals surface area (Å²) in [4.78, 5) is 15.9. The lowest BCUT2D eigenvalue weighted by Crippen LogP contribution is -2.37. The maximum Gasteiger partial charge on any atom is 0.407 e. The van der Waals surface area contributed by atoms with Gasteiger partial charge in [0.15, 0.2) is 5.65 Å². The Labute approximate surface area is 130 Å². The van der Waals surface area contributed by atoms with Crippen LogP contribution in [0, 0.1) is 0 Å². The number of nitrogens with zero attached hydrogens (tertiary/aromatic N) is 2.